The second-order valence-electron chi connectivity index (χ2n) is 2.75. The SMILES string of the molecule is COC(=O)c1cn(CCCCF)nn1. The lowest BCUT2D eigenvalue weighted by Crippen LogP contribution is -2.01. The van der Waals surface area contributed by atoms with Crippen LogP contribution in [0.25, 0.3) is 0 Å². The fourth-order valence-corrected chi connectivity index (χ4v) is 0.974. The number of nitrogens with zero attached hydrogens (tertiary/aromatic N) is 3. The average Bonchev–Trinajstić information content (AvgIpc) is 2.66. The van der Waals surface area contributed by atoms with Crippen molar-refractivity contribution in [2.75, 3.05) is 13.8 Å². The molecule has 0 aromatic carbocycles. The summed E-state index contributed by atoms with van der Waals surface area (Å²) < 4.78 is 17.7. The third-order valence-corrected chi connectivity index (χ3v) is 1.70. The van der Waals surface area contributed by atoms with Gasteiger partial charge in [0.1, 0.15) is 0 Å². The van der Waals surface area contributed by atoms with E-state index in [0.717, 1.165) is 0 Å². The fraction of sp³-hybridized carbons (Fsp3) is 0.625. The zero-order chi connectivity index (χ0) is 10.4. The van der Waals surface area contributed by atoms with Crippen LogP contribution in [0.5, 0.6) is 0 Å². The Labute approximate surface area is 80.9 Å². The Hall–Kier alpha value is -1.46. The molecule has 5 nitrogen and oxygen atoms in total. The van der Waals surface area contributed by atoms with Gasteiger partial charge in [0.05, 0.1) is 20.0 Å². The topological polar surface area (TPSA) is 57.0 Å². The van der Waals surface area contributed by atoms with Crippen molar-refractivity contribution in [2.24, 2.45) is 0 Å². The van der Waals surface area contributed by atoms with Crippen molar-refractivity contribution < 1.29 is 13.9 Å². The van der Waals surface area contributed by atoms with Crippen molar-refractivity contribution in [1.29, 1.82) is 0 Å². The van der Waals surface area contributed by atoms with Crippen LogP contribution in [0.3, 0.4) is 0 Å². The monoisotopic (exact) mass is 201 g/mol. The van der Waals surface area contributed by atoms with E-state index in [-0.39, 0.29) is 12.4 Å². The third-order valence-electron chi connectivity index (χ3n) is 1.70. The molecule has 0 aliphatic heterocycles. The highest BCUT2D eigenvalue weighted by Crippen LogP contribution is 1.98. The Balaban J connectivity index is 2.46. The minimum absolute atomic E-state index is 0.174. The summed E-state index contributed by atoms with van der Waals surface area (Å²) in [5, 5.41) is 7.31. The standard InChI is InChI=1S/C8H12FN3O2/c1-14-8(13)7-6-12(11-10-7)5-3-2-4-9/h6H,2-5H2,1H3. The van der Waals surface area contributed by atoms with E-state index in [2.05, 4.69) is 15.0 Å². The summed E-state index contributed by atoms with van der Waals surface area (Å²) in [4.78, 5) is 11.0. The Morgan fingerprint density at radius 2 is 2.43 bits per heavy atom. The summed E-state index contributed by atoms with van der Waals surface area (Å²) in [5.74, 6) is -0.512. The number of rotatable bonds is 5. The summed E-state index contributed by atoms with van der Waals surface area (Å²) in [6.45, 7) is 0.229. The second-order valence-corrected chi connectivity index (χ2v) is 2.75. The molecule has 0 fully saturated rings. The molecule has 0 unspecified atom stereocenters. The van der Waals surface area contributed by atoms with E-state index >= 15 is 0 Å². The Morgan fingerprint density at radius 1 is 1.64 bits per heavy atom. The molecule has 0 saturated heterocycles. The van der Waals surface area contributed by atoms with Crippen molar-refractivity contribution in [3.05, 3.63) is 11.9 Å². The van der Waals surface area contributed by atoms with Crippen molar-refractivity contribution in [2.45, 2.75) is 19.4 Å². The maximum atomic E-state index is 11.8. The fourth-order valence-electron chi connectivity index (χ4n) is 0.974. The Bertz CT molecular complexity index is 301. The number of methoxy groups -OCH3 is 1. The first-order valence-electron chi connectivity index (χ1n) is 4.32. The lowest BCUT2D eigenvalue weighted by Gasteiger charge is -1.96. The van der Waals surface area contributed by atoms with Gasteiger partial charge in [0.25, 0.3) is 0 Å². The summed E-state index contributed by atoms with van der Waals surface area (Å²) in [7, 11) is 1.28. The highest BCUT2D eigenvalue weighted by Gasteiger charge is 2.09. The summed E-state index contributed by atoms with van der Waals surface area (Å²) in [6, 6.07) is 0. The van der Waals surface area contributed by atoms with Crippen LogP contribution in [0.1, 0.15) is 23.3 Å². The smallest absolute Gasteiger partial charge is 0.360 e. The number of hydrogen-bond donors (Lipinski definition) is 0. The van der Waals surface area contributed by atoms with Crippen molar-refractivity contribution in [3.8, 4) is 0 Å². The molecule has 0 atom stereocenters. The Kier molecular flexibility index (Phi) is 4.03. The van der Waals surface area contributed by atoms with E-state index in [1.54, 1.807) is 0 Å². The zero-order valence-electron chi connectivity index (χ0n) is 7.94. The van der Waals surface area contributed by atoms with Crippen LogP contribution in [0.2, 0.25) is 0 Å². The molecule has 0 saturated carbocycles. The minimum Gasteiger partial charge on any atom is -0.464 e. The number of hydrogen-bond acceptors (Lipinski definition) is 4. The molecule has 0 amide bonds. The van der Waals surface area contributed by atoms with Gasteiger partial charge in [0.2, 0.25) is 0 Å². The first-order chi connectivity index (χ1) is 6.77. The molecular weight excluding hydrogens is 189 g/mol. The highest BCUT2D eigenvalue weighted by molar-refractivity contribution is 5.86. The van der Waals surface area contributed by atoms with Crippen LogP contribution in [0.4, 0.5) is 4.39 Å². The molecule has 6 heteroatoms. The van der Waals surface area contributed by atoms with Gasteiger partial charge in [-0.2, -0.15) is 0 Å². The molecule has 0 bridgehead atoms. The van der Waals surface area contributed by atoms with Gasteiger partial charge < -0.3 is 4.74 Å². The molecule has 1 aromatic rings. The number of esters is 1. The van der Waals surface area contributed by atoms with Crippen LogP contribution in [-0.4, -0.2) is 34.7 Å². The van der Waals surface area contributed by atoms with Crippen LogP contribution in [-0.2, 0) is 11.3 Å². The molecule has 0 aliphatic carbocycles. The van der Waals surface area contributed by atoms with E-state index in [9.17, 15) is 9.18 Å². The van der Waals surface area contributed by atoms with Gasteiger partial charge in [-0.25, -0.2) is 4.79 Å². The minimum atomic E-state index is -0.512. The van der Waals surface area contributed by atoms with Crippen molar-refractivity contribution in [1.82, 2.24) is 15.0 Å². The van der Waals surface area contributed by atoms with Crippen molar-refractivity contribution in [3.63, 3.8) is 0 Å². The van der Waals surface area contributed by atoms with E-state index in [1.165, 1.54) is 18.0 Å². The highest BCUT2D eigenvalue weighted by atomic mass is 19.1. The molecule has 0 aliphatic rings. The molecule has 1 heterocycles. The Morgan fingerprint density at radius 3 is 3.07 bits per heavy atom. The van der Waals surface area contributed by atoms with Crippen molar-refractivity contribution >= 4 is 5.97 Å². The number of alkyl halides is 1. The van der Waals surface area contributed by atoms with Crippen LogP contribution in [0, 0.1) is 0 Å². The molecule has 0 radical (unpaired) electrons. The normalized spacial score (nSPS) is 10.1. The van der Waals surface area contributed by atoms with Gasteiger partial charge in [0.15, 0.2) is 5.69 Å². The number of carbonyl (C=O) groups is 1. The first kappa shape index (κ1) is 10.6. The predicted molar refractivity (Wildman–Crippen MR) is 46.6 cm³/mol. The average molecular weight is 201 g/mol. The number of halogens is 1. The first-order valence-corrected chi connectivity index (χ1v) is 4.32. The number of aromatic nitrogens is 3. The van der Waals surface area contributed by atoms with Crippen LogP contribution < -0.4 is 0 Å². The van der Waals surface area contributed by atoms with Gasteiger partial charge in [-0.1, -0.05) is 5.21 Å². The number of unbranched alkanes of at least 4 members (excludes halogenated alkanes) is 1. The van der Waals surface area contributed by atoms with E-state index in [1.807, 2.05) is 0 Å². The van der Waals surface area contributed by atoms with E-state index < -0.39 is 5.97 Å². The number of aryl methyl sites for hydroxylation is 1. The molecule has 1 aromatic heterocycles. The van der Waals surface area contributed by atoms with Gasteiger partial charge in [0, 0.05) is 6.54 Å². The largest absolute Gasteiger partial charge is 0.464 e. The maximum absolute atomic E-state index is 11.8. The predicted octanol–water partition coefficient (Wildman–Crippen LogP) is 0.814. The summed E-state index contributed by atoms with van der Waals surface area (Å²) in [6.07, 6.45) is 2.66. The maximum Gasteiger partial charge on any atom is 0.360 e. The summed E-state index contributed by atoms with van der Waals surface area (Å²) in [5.41, 5.74) is 0.174. The molecule has 0 spiro atoms. The molecule has 1 rings (SSSR count). The second kappa shape index (κ2) is 5.31. The van der Waals surface area contributed by atoms with Crippen LogP contribution >= 0.6 is 0 Å². The zero-order valence-corrected chi connectivity index (χ0v) is 7.94. The quantitative estimate of drug-likeness (QED) is 0.522. The lowest BCUT2D eigenvalue weighted by atomic mass is 10.3. The van der Waals surface area contributed by atoms with Gasteiger partial charge in [-0.3, -0.25) is 9.07 Å². The molecule has 78 valence electrons. The lowest BCUT2D eigenvalue weighted by molar-refractivity contribution is 0.0594. The van der Waals surface area contributed by atoms with Gasteiger partial charge >= 0.3 is 5.97 Å². The van der Waals surface area contributed by atoms with E-state index in [0.29, 0.717) is 19.4 Å². The molecular formula is C8H12FN3O2. The van der Waals surface area contributed by atoms with Gasteiger partial charge in [-0.05, 0) is 12.8 Å². The van der Waals surface area contributed by atoms with Gasteiger partial charge in [-0.15, -0.1) is 5.10 Å². The summed E-state index contributed by atoms with van der Waals surface area (Å²) >= 11 is 0. The van der Waals surface area contributed by atoms with E-state index in [4.69, 9.17) is 0 Å². The number of ether oxygens (including phenoxy) is 1. The molecule has 0 N–H and O–H groups in total. The van der Waals surface area contributed by atoms with Crippen LogP contribution in [0.15, 0.2) is 6.20 Å². The number of carbonyl (C=O) groups excluding carboxylic acids is 1. The molecule has 14 heavy (non-hydrogen) atoms. The third kappa shape index (κ3) is 2.79.